The highest BCUT2D eigenvalue weighted by Gasteiger charge is 2.57. The van der Waals surface area contributed by atoms with Gasteiger partial charge >= 0.3 is 11.9 Å². The van der Waals surface area contributed by atoms with Crippen LogP contribution >= 0.6 is 0 Å². The van der Waals surface area contributed by atoms with Gasteiger partial charge in [-0.3, -0.25) is 0 Å². The van der Waals surface area contributed by atoms with E-state index >= 15 is 0 Å². The van der Waals surface area contributed by atoms with Gasteiger partial charge in [0.25, 0.3) is 0 Å². The minimum absolute atomic E-state index is 0.0189. The molecule has 510 valence electrons. The molecule has 4 saturated carbocycles. The van der Waals surface area contributed by atoms with Gasteiger partial charge < -0.3 is 143 Å². The Hall–Kier alpha value is -2.66. The van der Waals surface area contributed by atoms with Crippen LogP contribution in [0.15, 0.2) is 24.3 Å². The summed E-state index contributed by atoms with van der Waals surface area (Å²) in [4.78, 5) is 27.4. The molecule has 0 aromatic carbocycles. The molecule has 5 saturated heterocycles. The van der Waals surface area contributed by atoms with Crippen molar-refractivity contribution in [3.8, 4) is 0 Å². The number of carbonyl (C=O) groups is 2. The Bertz CT molecular complexity index is 2260. The Morgan fingerprint density at radius 3 is 1.64 bits per heavy atom. The molecule has 9 aliphatic rings. The SMILES string of the molecule is COC1CC(C=CC(=O)OC2C(OC3C(OC4CC5C(OC6OC(CO)C(O)C(O)C6O)CC(O)CC5OC4C4CCC(O)C(O)C4)OC(COC(=O)C=CC4CCC(O)CC4)C(O)C3O)OCC(O)C2OC2OC(CO)C(O)C(O)C2O)CC(OC)C1O. The first-order chi connectivity index (χ1) is 42.5. The zero-order valence-corrected chi connectivity index (χ0v) is 49.5. The monoisotopic (exact) mass is 1280 g/mol. The highest BCUT2D eigenvalue weighted by Crippen LogP contribution is 2.46. The van der Waals surface area contributed by atoms with Crippen molar-refractivity contribution in [3.05, 3.63) is 24.3 Å². The maximum Gasteiger partial charge on any atom is 0.330 e. The number of ether oxygens (including phenoxy) is 13. The van der Waals surface area contributed by atoms with Crippen LogP contribution in [-0.2, 0) is 71.2 Å². The predicted octanol–water partition coefficient (Wildman–Crippen LogP) is -6.34. The molecule has 0 spiro atoms. The highest BCUT2D eigenvalue weighted by molar-refractivity contribution is 5.82. The molecule has 31 nitrogen and oxygen atoms in total. The van der Waals surface area contributed by atoms with Crippen LogP contribution in [0.25, 0.3) is 0 Å². The van der Waals surface area contributed by atoms with E-state index in [-0.39, 0.29) is 57.3 Å². The number of hydrogen-bond acceptors (Lipinski definition) is 31. The Kier molecular flexibility index (Phi) is 25.2. The zero-order chi connectivity index (χ0) is 64.1. The van der Waals surface area contributed by atoms with Crippen LogP contribution in [-0.4, -0.2) is 318 Å². The molecule has 16 N–H and O–H groups in total. The lowest BCUT2D eigenvalue weighted by molar-refractivity contribution is -0.383. The van der Waals surface area contributed by atoms with Crippen LogP contribution in [0, 0.1) is 23.7 Å². The highest BCUT2D eigenvalue weighted by atomic mass is 16.8. The molecule has 0 radical (unpaired) electrons. The molecule has 5 heterocycles. The number of aliphatic hydroxyl groups excluding tert-OH is 16. The van der Waals surface area contributed by atoms with E-state index in [1.807, 2.05) is 0 Å². The van der Waals surface area contributed by atoms with E-state index in [4.69, 9.17) is 61.6 Å². The van der Waals surface area contributed by atoms with Gasteiger partial charge in [0.05, 0.1) is 80.9 Å². The van der Waals surface area contributed by atoms with Crippen molar-refractivity contribution in [1.29, 1.82) is 0 Å². The summed E-state index contributed by atoms with van der Waals surface area (Å²) < 4.78 is 78.9. The van der Waals surface area contributed by atoms with Crippen LogP contribution in [0.2, 0.25) is 0 Å². The van der Waals surface area contributed by atoms with Crippen LogP contribution in [0.3, 0.4) is 0 Å². The van der Waals surface area contributed by atoms with E-state index in [2.05, 4.69) is 0 Å². The van der Waals surface area contributed by atoms with E-state index in [0.29, 0.717) is 25.7 Å². The number of aliphatic hydroxyl groups is 16. The number of rotatable bonds is 20. The third-order valence-corrected chi connectivity index (χ3v) is 19.2. The lowest BCUT2D eigenvalue weighted by Gasteiger charge is -2.53. The van der Waals surface area contributed by atoms with E-state index in [1.54, 1.807) is 6.08 Å². The maximum absolute atomic E-state index is 14.1. The molecule has 5 aliphatic heterocycles. The third-order valence-electron chi connectivity index (χ3n) is 19.2. The number of hydrogen-bond donors (Lipinski definition) is 16. The molecule has 0 bridgehead atoms. The fourth-order valence-corrected chi connectivity index (χ4v) is 14.0. The first kappa shape index (κ1) is 70.7. The Balaban J connectivity index is 1.04. The Morgan fingerprint density at radius 2 is 1.02 bits per heavy atom. The van der Waals surface area contributed by atoms with Gasteiger partial charge in [-0.25, -0.2) is 9.59 Å². The first-order valence-corrected chi connectivity index (χ1v) is 30.9. The topological polar surface area (TPSA) is 478 Å². The number of methoxy groups -OCH3 is 2. The molecule has 89 heavy (non-hydrogen) atoms. The molecule has 0 amide bonds. The standard InChI is InChI=1S/C58H92O31/c1-77-34-13-24(14-35(78-2)42(34)68)6-12-41(67)87-54-52(88-56-50(76)47(73)44(70)38(20-60)85-56)31(65)21-80-57(54)89-53-48(74)45(71)39(22-79-40(66)11-5-23-3-8-26(61)9-4-23)86-58(53)83-36-18-28-32(81-51(36)25-7-10-29(63)30(64)15-25)16-27(62)17-33(28)82-55-49(75)46(72)43(69)37(19-59)84-55/h5-6,11-12,23-39,42-65,68-76H,3-4,7-10,13-22H2,1-2H3. The van der Waals surface area contributed by atoms with Crippen molar-refractivity contribution in [2.45, 2.75) is 261 Å². The molecule has 9 rings (SSSR count). The summed E-state index contributed by atoms with van der Waals surface area (Å²) in [6, 6.07) is 0. The van der Waals surface area contributed by atoms with Crippen molar-refractivity contribution in [2.24, 2.45) is 23.7 Å². The van der Waals surface area contributed by atoms with Gasteiger partial charge in [0.1, 0.15) is 98.2 Å². The summed E-state index contributed by atoms with van der Waals surface area (Å²) in [5, 5.41) is 174. The van der Waals surface area contributed by atoms with Crippen LogP contribution < -0.4 is 0 Å². The fourth-order valence-electron chi connectivity index (χ4n) is 14.0. The lowest BCUT2D eigenvalue weighted by Crippen LogP contribution is -2.66. The van der Waals surface area contributed by atoms with Gasteiger partial charge in [0.2, 0.25) is 0 Å². The quantitative estimate of drug-likeness (QED) is 0.0398. The number of fused-ring (bicyclic) bond motifs is 1. The average molecular weight is 1290 g/mol. The van der Waals surface area contributed by atoms with E-state index in [9.17, 15) is 91.3 Å². The molecule has 9 fully saturated rings. The van der Waals surface area contributed by atoms with Gasteiger partial charge in [-0.1, -0.05) is 12.2 Å². The molecule has 0 aromatic heterocycles. The molecular formula is C58H92O31. The van der Waals surface area contributed by atoms with Crippen molar-refractivity contribution >= 4 is 11.9 Å². The molecule has 0 aromatic rings. The Morgan fingerprint density at radius 1 is 0.449 bits per heavy atom. The summed E-state index contributed by atoms with van der Waals surface area (Å²) in [6.07, 6.45) is -36.7. The maximum atomic E-state index is 14.1. The summed E-state index contributed by atoms with van der Waals surface area (Å²) in [5.41, 5.74) is 0. The number of allylic oxidation sites excluding steroid dienone is 2. The average Bonchev–Trinajstić information content (AvgIpc) is 1.41. The van der Waals surface area contributed by atoms with Crippen LogP contribution in [0.4, 0.5) is 0 Å². The molecular weight excluding hydrogens is 1190 g/mol. The molecule has 30 unspecified atom stereocenters. The minimum Gasteiger partial charge on any atom is -0.460 e. The smallest absolute Gasteiger partial charge is 0.330 e. The fraction of sp³-hybridized carbons (Fsp3) is 0.897. The van der Waals surface area contributed by atoms with E-state index in [1.165, 1.54) is 26.4 Å². The predicted molar refractivity (Wildman–Crippen MR) is 292 cm³/mol. The summed E-state index contributed by atoms with van der Waals surface area (Å²) in [6.45, 7) is -3.05. The van der Waals surface area contributed by atoms with Gasteiger partial charge in [-0.05, 0) is 88.4 Å². The zero-order valence-electron chi connectivity index (χ0n) is 49.5. The van der Waals surface area contributed by atoms with Crippen LogP contribution in [0.1, 0.15) is 77.0 Å². The largest absolute Gasteiger partial charge is 0.460 e. The Labute approximate surface area is 513 Å². The summed E-state index contributed by atoms with van der Waals surface area (Å²) >= 11 is 0. The van der Waals surface area contributed by atoms with E-state index in [0.717, 1.165) is 6.08 Å². The first-order valence-electron chi connectivity index (χ1n) is 30.9. The second-order valence-electron chi connectivity index (χ2n) is 25.2. The second kappa shape index (κ2) is 31.7. The molecule has 31 heteroatoms. The van der Waals surface area contributed by atoms with Crippen molar-refractivity contribution in [3.63, 3.8) is 0 Å². The number of esters is 2. The summed E-state index contributed by atoms with van der Waals surface area (Å²) in [5.74, 6) is -3.78. The summed E-state index contributed by atoms with van der Waals surface area (Å²) in [7, 11) is 2.81. The van der Waals surface area contributed by atoms with Crippen molar-refractivity contribution in [1.82, 2.24) is 0 Å². The van der Waals surface area contributed by atoms with Gasteiger partial charge in [-0.15, -0.1) is 0 Å². The molecule has 4 aliphatic carbocycles. The second-order valence-corrected chi connectivity index (χ2v) is 25.2. The van der Waals surface area contributed by atoms with Gasteiger partial charge in [0.15, 0.2) is 31.3 Å². The van der Waals surface area contributed by atoms with Gasteiger partial charge in [-0.2, -0.15) is 0 Å². The lowest BCUT2D eigenvalue weighted by atomic mass is 9.72. The van der Waals surface area contributed by atoms with Crippen molar-refractivity contribution in [2.75, 3.05) is 40.6 Å². The normalized spacial score (nSPS) is 49.3. The number of carbonyl (C=O) groups excluding carboxylic acids is 2. The van der Waals surface area contributed by atoms with Crippen LogP contribution in [0.5, 0.6) is 0 Å². The van der Waals surface area contributed by atoms with Crippen molar-refractivity contribution < 1.29 is 153 Å². The van der Waals surface area contributed by atoms with E-state index < -0.39 is 240 Å². The minimum atomic E-state index is -2.10. The van der Waals surface area contributed by atoms with Gasteiger partial charge in [0, 0.05) is 38.7 Å². The third kappa shape index (κ3) is 16.7. The molecule has 30 atom stereocenters.